The van der Waals surface area contributed by atoms with E-state index in [1.54, 1.807) is 12.4 Å². The molecule has 0 spiro atoms. The molecule has 1 fully saturated rings. The topological polar surface area (TPSA) is 56.2 Å². The molecule has 1 atom stereocenters. The number of amides is 1. The molecule has 5 heteroatoms. The highest BCUT2D eigenvalue weighted by Crippen LogP contribution is 2.23. The Hall–Kier alpha value is -1.36. The van der Waals surface area contributed by atoms with Gasteiger partial charge in [0.15, 0.2) is 0 Å². The number of rotatable bonds is 2. The molecule has 0 saturated carbocycles. The maximum absolute atomic E-state index is 11.6. The normalized spacial score (nSPS) is 25.4. The monoisotopic (exact) mass is 209 g/mol. The fourth-order valence-corrected chi connectivity index (χ4v) is 1.71. The lowest BCUT2D eigenvalue weighted by Gasteiger charge is -2.23. The highest BCUT2D eigenvalue weighted by atomic mass is 16.5. The fraction of sp³-hybridized carbons (Fsp3) is 0.600. The minimum absolute atomic E-state index is 0.163. The van der Waals surface area contributed by atoms with Gasteiger partial charge in [0.1, 0.15) is 6.33 Å². The fourth-order valence-electron chi connectivity index (χ4n) is 1.71. The zero-order valence-electron chi connectivity index (χ0n) is 8.77. The molecule has 1 amide bonds. The van der Waals surface area contributed by atoms with Gasteiger partial charge < -0.3 is 10.1 Å². The average molecular weight is 209 g/mol. The van der Waals surface area contributed by atoms with E-state index in [0.717, 1.165) is 19.4 Å². The van der Waals surface area contributed by atoms with Crippen molar-refractivity contribution in [1.29, 1.82) is 0 Å². The van der Waals surface area contributed by atoms with Crippen LogP contribution in [0.2, 0.25) is 0 Å². The van der Waals surface area contributed by atoms with Gasteiger partial charge in [0.05, 0.1) is 5.60 Å². The Kier molecular flexibility index (Phi) is 2.73. The summed E-state index contributed by atoms with van der Waals surface area (Å²) in [6.45, 7) is 3.36. The summed E-state index contributed by atoms with van der Waals surface area (Å²) in [6.07, 6.45) is 6.74. The molecule has 1 saturated heterocycles. The summed E-state index contributed by atoms with van der Waals surface area (Å²) < 4.78 is 6.98. The van der Waals surface area contributed by atoms with Gasteiger partial charge in [0.25, 0.3) is 0 Å². The molecule has 0 aromatic carbocycles. The zero-order valence-corrected chi connectivity index (χ0v) is 8.77. The molecule has 15 heavy (non-hydrogen) atoms. The largest absolute Gasteiger partial charge is 0.373 e. The van der Waals surface area contributed by atoms with Crippen LogP contribution >= 0.6 is 0 Å². The van der Waals surface area contributed by atoms with Crippen molar-refractivity contribution < 1.29 is 9.53 Å². The van der Waals surface area contributed by atoms with Crippen molar-refractivity contribution in [3.8, 4) is 0 Å². The molecule has 5 nitrogen and oxygen atoms in total. The van der Waals surface area contributed by atoms with Crippen LogP contribution in [0.3, 0.4) is 0 Å². The van der Waals surface area contributed by atoms with E-state index in [2.05, 4.69) is 10.3 Å². The first-order chi connectivity index (χ1) is 7.20. The zero-order chi connectivity index (χ0) is 10.7. The molecule has 1 unspecified atom stereocenters. The molecule has 2 heterocycles. The first-order valence-corrected chi connectivity index (χ1v) is 5.10. The van der Waals surface area contributed by atoms with Crippen molar-refractivity contribution in [3.05, 3.63) is 18.7 Å². The molecule has 82 valence electrons. The summed E-state index contributed by atoms with van der Waals surface area (Å²) in [5, 5.41) is 2.83. The molecular formula is C10H15N3O2. The molecule has 0 radical (unpaired) electrons. The number of imidazole rings is 1. The molecule has 1 aromatic heterocycles. The number of ether oxygens (including phenoxy) is 1. The summed E-state index contributed by atoms with van der Waals surface area (Å²) >= 11 is 0. The van der Waals surface area contributed by atoms with Crippen LogP contribution in [0.1, 0.15) is 19.8 Å². The number of carbonyl (C=O) groups excluding carboxylic acids is 1. The molecule has 2 rings (SSSR count). The van der Waals surface area contributed by atoms with E-state index in [1.807, 2.05) is 6.92 Å². The number of nitrogens with zero attached hydrogens (tertiary/aromatic N) is 2. The van der Waals surface area contributed by atoms with E-state index in [1.165, 1.54) is 10.9 Å². The maximum atomic E-state index is 11.6. The number of carbonyl (C=O) groups is 1. The predicted octanol–water partition coefficient (Wildman–Crippen LogP) is 1.01. The highest BCUT2D eigenvalue weighted by Gasteiger charge is 2.30. The molecule has 1 aliphatic rings. The van der Waals surface area contributed by atoms with E-state index in [-0.39, 0.29) is 11.6 Å². The van der Waals surface area contributed by atoms with Gasteiger partial charge in [0.2, 0.25) is 0 Å². The Labute approximate surface area is 88.4 Å². The Morgan fingerprint density at radius 3 is 3.20 bits per heavy atom. The Balaban J connectivity index is 1.85. The Morgan fingerprint density at radius 1 is 1.73 bits per heavy atom. The lowest BCUT2D eigenvalue weighted by molar-refractivity contribution is 0.0229. The number of aromatic nitrogens is 2. The van der Waals surface area contributed by atoms with Crippen molar-refractivity contribution in [3.63, 3.8) is 0 Å². The van der Waals surface area contributed by atoms with Gasteiger partial charge in [0, 0.05) is 25.5 Å². The summed E-state index contributed by atoms with van der Waals surface area (Å²) in [4.78, 5) is 15.4. The van der Waals surface area contributed by atoms with Gasteiger partial charge in [-0.15, -0.1) is 0 Å². The van der Waals surface area contributed by atoms with Crippen LogP contribution in [0.5, 0.6) is 0 Å². The van der Waals surface area contributed by atoms with Crippen LogP contribution in [0.25, 0.3) is 0 Å². The summed E-state index contributed by atoms with van der Waals surface area (Å²) in [5.74, 6) is 0. The Bertz CT molecular complexity index is 328. The SMILES string of the molecule is CC1(CNC(=O)n2ccnc2)CCCO1. The molecule has 0 bridgehead atoms. The lowest BCUT2D eigenvalue weighted by Crippen LogP contribution is -2.41. The van der Waals surface area contributed by atoms with E-state index >= 15 is 0 Å². The second kappa shape index (κ2) is 4.02. The maximum Gasteiger partial charge on any atom is 0.326 e. The first-order valence-electron chi connectivity index (χ1n) is 5.10. The highest BCUT2D eigenvalue weighted by molar-refractivity contribution is 5.76. The first kappa shape index (κ1) is 10.2. The molecule has 1 aromatic rings. The quantitative estimate of drug-likeness (QED) is 0.790. The standard InChI is InChI=1S/C10H15N3O2/c1-10(3-2-6-15-10)7-12-9(14)13-5-4-11-8-13/h4-5,8H,2-3,6-7H2,1H3,(H,12,14). The Morgan fingerprint density at radius 2 is 2.60 bits per heavy atom. The van der Waals surface area contributed by atoms with Crippen molar-refractivity contribution in [2.45, 2.75) is 25.4 Å². The van der Waals surface area contributed by atoms with E-state index in [9.17, 15) is 4.79 Å². The van der Waals surface area contributed by atoms with Gasteiger partial charge in [-0.25, -0.2) is 9.78 Å². The van der Waals surface area contributed by atoms with Crippen LogP contribution in [0.15, 0.2) is 18.7 Å². The predicted molar refractivity (Wildman–Crippen MR) is 54.6 cm³/mol. The van der Waals surface area contributed by atoms with Gasteiger partial charge in [-0.2, -0.15) is 0 Å². The van der Waals surface area contributed by atoms with Crippen molar-refractivity contribution in [1.82, 2.24) is 14.9 Å². The van der Waals surface area contributed by atoms with Gasteiger partial charge in [-0.1, -0.05) is 0 Å². The van der Waals surface area contributed by atoms with E-state index in [4.69, 9.17) is 4.74 Å². The third-order valence-electron chi connectivity index (χ3n) is 2.65. The van der Waals surface area contributed by atoms with Crippen LogP contribution < -0.4 is 5.32 Å². The number of hydrogen-bond donors (Lipinski definition) is 1. The minimum atomic E-state index is -0.198. The number of nitrogens with one attached hydrogen (secondary N) is 1. The van der Waals surface area contributed by atoms with Crippen LogP contribution in [0.4, 0.5) is 4.79 Å². The van der Waals surface area contributed by atoms with E-state index < -0.39 is 0 Å². The summed E-state index contributed by atoms with van der Waals surface area (Å²) in [6, 6.07) is -0.163. The van der Waals surface area contributed by atoms with Gasteiger partial charge in [-0.05, 0) is 19.8 Å². The van der Waals surface area contributed by atoms with Gasteiger partial charge >= 0.3 is 6.03 Å². The average Bonchev–Trinajstić information content (AvgIpc) is 2.85. The molecule has 1 aliphatic heterocycles. The van der Waals surface area contributed by atoms with Crippen LogP contribution in [-0.4, -0.2) is 34.3 Å². The van der Waals surface area contributed by atoms with Crippen LogP contribution in [-0.2, 0) is 4.74 Å². The van der Waals surface area contributed by atoms with Crippen molar-refractivity contribution in [2.24, 2.45) is 0 Å². The van der Waals surface area contributed by atoms with Crippen LogP contribution in [0, 0.1) is 0 Å². The number of hydrogen-bond acceptors (Lipinski definition) is 3. The lowest BCUT2D eigenvalue weighted by atomic mass is 10.0. The van der Waals surface area contributed by atoms with Gasteiger partial charge in [-0.3, -0.25) is 4.57 Å². The molecular weight excluding hydrogens is 194 g/mol. The second-order valence-corrected chi connectivity index (χ2v) is 4.03. The smallest absolute Gasteiger partial charge is 0.326 e. The van der Waals surface area contributed by atoms with Crippen molar-refractivity contribution in [2.75, 3.05) is 13.2 Å². The molecule has 1 N–H and O–H groups in total. The molecule has 0 aliphatic carbocycles. The second-order valence-electron chi connectivity index (χ2n) is 4.03. The third kappa shape index (κ3) is 2.36. The van der Waals surface area contributed by atoms with E-state index in [0.29, 0.717) is 6.54 Å². The summed E-state index contributed by atoms with van der Waals surface area (Å²) in [7, 11) is 0. The van der Waals surface area contributed by atoms with Crippen molar-refractivity contribution >= 4 is 6.03 Å². The summed E-state index contributed by atoms with van der Waals surface area (Å²) in [5.41, 5.74) is -0.198. The minimum Gasteiger partial charge on any atom is -0.373 e. The third-order valence-corrected chi connectivity index (χ3v) is 2.65.